The van der Waals surface area contributed by atoms with Crippen molar-refractivity contribution >= 4 is 0 Å². The van der Waals surface area contributed by atoms with Gasteiger partial charge in [-0.1, -0.05) is 27.4 Å². The van der Waals surface area contributed by atoms with Crippen LogP contribution in [0.1, 0.15) is 40.5 Å². The number of ether oxygens (including phenoxy) is 1. The van der Waals surface area contributed by atoms with E-state index in [1.807, 2.05) is 6.92 Å². The third-order valence-electron chi connectivity index (χ3n) is 2.80. The van der Waals surface area contributed by atoms with Gasteiger partial charge in [0.1, 0.15) is 0 Å². The lowest BCUT2D eigenvalue weighted by Gasteiger charge is -2.29. The highest BCUT2D eigenvalue weighted by atomic mass is 16.5. The molecule has 15 heavy (non-hydrogen) atoms. The van der Waals surface area contributed by atoms with Gasteiger partial charge in [-0.05, 0) is 39.9 Å². The Balaban J connectivity index is 3.97. The van der Waals surface area contributed by atoms with Gasteiger partial charge in [-0.2, -0.15) is 0 Å². The van der Waals surface area contributed by atoms with Crippen molar-refractivity contribution in [3.63, 3.8) is 0 Å². The molecule has 0 heterocycles. The van der Waals surface area contributed by atoms with Gasteiger partial charge < -0.3 is 9.64 Å². The summed E-state index contributed by atoms with van der Waals surface area (Å²) in [5, 5.41) is 0. The van der Waals surface area contributed by atoms with Crippen LogP contribution in [0.15, 0.2) is 12.3 Å². The summed E-state index contributed by atoms with van der Waals surface area (Å²) in [6.07, 6.45) is 2.31. The first-order valence-electron chi connectivity index (χ1n) is 5.94. The lowest BCUT2D eigenvalue weighted by atomic mass is 9.87. The van der Waals surface area contributed by atoms with Gasteiger partial charge >= 0.3 is 0 Å². The highest BCUT2D eigenvalue weighted by Crippen LogP contribution is 2.29. The topological polar surface area (TPSA) is 12.5 Å². The predicted octanol–water partition coefficient (Wildman–Crippen LogP) is 3.29. The largest absolute Gasteiger partial charge is 0.498 e. The van der Waals surface area contributed by atoms with Crippen molar-refractivity contribution in [3.8, 4) is 0 Å². The van der Waals surface area contributed by atoms with Gasteiger partial charge in [-0.15, -0.1) is 0 Å². The maximum absolute atomic E-state index is 5.49. The normalized spacial score (nSPS) is 11.9. The van der Waals surface area contributed by atoms with Crippen LogP contribution in [0.5, 0.6) is 0 Å². The van der Waals surface area contributed by atoms with Crippen LogP contribution in [0.25, 0.3) is 0 Å². The zero-order chi connectivity index (χ0) is 11.9. The zero-order valence-corrected chi connectivity index (χ0v) is 11.1. The van der Waals surface area contributed by atoms with E-state index in [1.54, 1.807) is 0 Å². The lowest BCUT2D eigenvalue weighted by Crippen LogP contribution is -2.27. The molecule has 0 aliphatic carbocycles. The molecular weight excluding hydrogens is 186 g/mol. The van der Waals surface area contributed by atoms with E-state index in [4.69, 9.17) is 4.74 Å². The maximum Gasteiger partial charge on any atom is 0.0944 e. The summed E-state index contributed by atoms with van der Waals surface area (Å²) in [5.41, 5.74) is 0.0814. The average molecular weight is 213 g/mol. The second-order valence-electron chi connectivity index (χ2n) is 4.79. The van der Waals surface area contributed by atoms with E-state index in [2.05, 4.69) is 39.3 Å². The summed E-state index contributed by atoms with van der Waals surface area (Å²) in [7, 11) is 2.17. The van der Waals surface area contributed by atoms with Crippen LogP contribution >= 0.6 is 0 Å². The molecule has 0 aromatic carbocycles. The fourth-order valence-electron chi connectivity index (χ4n) is 1.47. The minimum atomic E-state index is 0.0814. The standard InChI is InChI=1S/C13H27NO/c1-7-10-14(6)11-9-13(4,5)12(3)15-8-2/h3,7-11H2,1-2,4-6H3. The van der Waals surface area contributed by atoms with Crippen LogP contribution < -0.4 is 0 Å². The fourth-order valence-corrected chi connectivity index (χ4v) is 1.47. The zero-order valence-electron chi connectivity index (χ0n) is 11.1. The quantitative estimate of drug-likeness (QED) is 0.574. The summed E-state index contributed by atoms with van der Waals surface area (Å²) in [6.45, 7) is 15.6. The smallest absolute Gasteiger partial charge is 0.0944 e. The van der Waals surface area contributed by atoms with Crippen molar-refractivity contribution in [2.75, 3.05) is 26.7 Å². The molecule has 0 unspecified atom stereocenters. The number of nitrogens with zero attached hydrogens (tertiary/aromatic N) is 1. The molecule has 0 saturated carbocycles. The van der Waals surface area contributed by atoms with Crippen molar-refractivity contribution in [1.82, 2.24) is 4.90 Å². The predicted molar refractivity (Wildman–Crippen MR) is 67.0 cm³/mol. The van der Waals surface area contributed by atoms with Crippen molar-refractivity contribution in [2.24, 2.45) is 5.41 Å². The Bertz CT molecular complexity index is 187. The van der Waals surface area contributed by atoms with Crippen LogP contribution in [0, 0.1) is 5.41 Å². The van der Waals surface area contributed by atoms with Gasteiger partial charge in [0.25, 0.3) is 0 Å². The first-order valence-corrected chi connectivity index (χ1v) is 5.94. The van der Waals surface area contributed by atoms with Gasteiger partial charge in [0.05, 0.1) is 12.4 Å². The molecule has 0 aliphatic heterocycles. The van der Waals surface area contributed by atoms with Crippen molar-refractivity contribution in [2.45, 2.75) is 40.5 Å². The van der Waals surface area contributed by atoms with Gasteiger partial charge in [0, 0.05) is 5.41 Å². The Morgan fingerprint density at radius 1 is 1.27 bits per heavy atom. The van der Waals surface area contributed by atoms with Crippen LogP contribution in [0.2, 0.25) is 0 Å². The fraction of sp³-hybridized carbons (Fsp3) is 0.846. The molecule has 0 aliphatic rings. The van der Waals surface area contributed by atoms with E-state index in [1.165, 1.54) is 6.42 Å². The second-order valence-corrected chi connectivity index (χ2v) is 4.79. The molecule has 2 nitrogen and oxygen atoms in total. The molecule has 0 N–H and O–H groups in total. The summed E-state index contributed by atoms with van der Waals surface area (Å²) in [6, 6.07) is 0. The van der Waals surface area contributed by atoms with E-state index < -0.39 is 0 Å². The number of hydrogen-bond donors (Lipinski definition) is 0. The number of rotatable bonds is 8. The molecule has 0 spiro atoms. The SMILES string of the molecule is C=C(OCC)C(C)(C)CCN(C)CCC. The van der Waals surface area contributed by atoms with Crippen LogP contribution in [-0.2, 0) is 4.74 Å². The summed E-state index contributed by atoms with van der Waals surface area (Å²) in [4.78, 5) is 2.36. The Morgan fingerprint density at radius 2 is 1.87 bits per heavy atom. The molecular formula is C13H27NO. The Hall–Kier alpha value is -0.500. The summed E-state index contributed by atoms with van der Waals surface area (Å²) >= 11 is 0. The average Bonchev–Trinajstić information content (AvgIpc) is 2.16. The van der Waals surface area contributed by atoms with Gasteiger partial charge in [0.2, 0.25) is 0 Å². The first-order chi connectivity index (χ1) is 6.94. The van der Waals surface area contributed by atoms with E-state index in [9.17, 15) is 0 Å². The highest BCUT2D eigenvalue weighted by molar-refractivity contribution is 4.98. The van der Waals surface area contributed by atoms with Crippen molar-refractivity contribution in [3.05, 3.63) is 12.3 Å². The van der Waals surface area contributed by atoms with E-state index in [-0.39, 0.29) is 5.41 Å². The lowest BCUT2D eigenvalue weighted by molar-refractivity contribution is 0.140. The molecule has 90 valence electrons. The van der Waals surface area contributed by atoms with Crippen LogP contribution in [-0.4, -0.2) is 31.6 Å². The van der Waals surface area contributed by atoms with Gasteiger partial charge in [0.15, 0.2) is 0 Å². The Kier molecular flexibility index (Phi) is 6.66. The van der Waals surface area contributed by atoms with E-state index in [0.29, 0.717) is 6.61 Å². The molecule has 2 heteroatoms. The number of allylic oxidation sites excluding steroid dienone is 1. The Labute approximate surface area is 95.3 Å². The molecule has 0 saturated heterocycles. The maximum atomic E-state index is 5.49. The second kappa shape index (κ2) is 6.89. The third kappa shape index (κ3) is 5.83. The molecule has 0 amide bonds. The summed E-state index contributed by atoms with van der Waals surface area (Å²) < 4.78 is 5.49. The van der Waals surface area contributed by atoms with Crippen LogP contribution in [0.4, 0.5) is 0 Å². The molecule has 0 rings (SSSR count). The van der Waals surface area contributed by atoms with Crippen molar-refractivity contribution in [1.29, 1.82) is 0 Å². The minimum absolute atomic E-state index is 0.0814. The number of hydrogen-bond acceptors (Lipinski definition) is 2. The highest BCUT2D eigenvalue weighted by Gasteiger charge is 2.23. The summed E-state index contributed by atoms with van der Waals surface area (Å²) in [5.74, 6) is 0.912. The third-order valence-corrected chi connectivity index (χ3v) is 2.80. The Morgan fingerprint density at radius 3 is 2.33 bits per heavy atom. The van der Waals surface area contributed by atoms with Crippen LogP contribution in [0.3, 0.4) is 0 Å². The molecule has 0 atom stereocenters. The van der Waals surface area contributed by atoms with E-state index >= 15 is 0 Å². The molecule has 0 aromatic heterocycles. The first kappa shape index (κ1) is 14.5. The molecule has 0 radical (unpaired) electrons. The minimum Gasteiger partial charge on any atom is -0.498 e. The monoisotopic (exact) mass is 213 g/mol. The van der Waals surface area contributed by atoms with Crippen molar-refractivity contribution < 1.29 is 4.74 Å². The van der Waals surface area contributed by atoms with Gasteiger partial charge in [-0.3, -0.25) is 0 Å². The molecule has 0 fully saturated rings. The molecule has 0 aromatic rings. The molecule has 0 bridgehead atoms. The van der Waals surface area contributed by atoms with Gasteiger partial charge in [-0.25, -0.2) is 0 Å². The van der Waals surface area contributed by atoms with E-state index in [0.717, 1.165) is 25.3 Å².